The Morgan fingerprint density at radius 2 is 2.22 bits per heavy atom. The minimum absolute atomic E-state index is 0.106. The van der Waals surface area contributed by atoms with Crippen LogP contribution in [0.15, 0.2) is 12.4 Å². The summed E-state index contributed by atoms with van der Waals surface area (Å²) in [7, 11) is 0. The van der Waals surface area contributed by atoms with Crippen molar-refractivity contribution < 1.29 is 4.39 Å². The Balaban J connectivity index is 3.25. The van der Waals surface area contributed by atoms with Gasteiger partial charge in [-0.15, -0.1) is 0 Å². The standard InChI is InChI=1S/C6H7FN2/c1-4-2-9-3-5(8)6(4)7/h2-3H,8H2,1H3. The van der Waals surface area contributed by atoms with Crippen LogP contribution in [-0.2, 0) is 0 Å². The van der Waals surface area contributed by atoms with Crippen molar-refractivity contribution in [2.24, 2.45) is 0 Å². The molecule has 1 heterocycles. The molecule has 0 aliphatic carbocycles. The average molecular weight is 126 g/mol. The minimum Gasteiger partial charge on any atom is -0.395 e. The second-order valence-corrected chi connectivity index (χ2v) is 1.86. The molecule has 1 aromatic heterocycles. The molecule has 0 saturated carbocycles. The van der Waals surface area contributed by atoms with Crippen molar-refractivity contribution in [2.45, 2.75) is 6.92 Å². The van der Waals surface area contributed by atoms with Gasteiger partial charge in [0.25, 0.3) is 0 Å². The van der Waals surface area contributed by atoms with Gasteiger partial charge in [-0.05, 0) is 6.92 Å². The Bertz CT molecular complexity index is 202. The Morgan fingerprint density at radius 3 is 2.67 bits per heavy atom. The number of nitrogens with zero attached hydrogens (tertiary/aromatic N) is 1. The summed E-state index contributed by atoms with van der Waals surface area (Å²) in [6.07, 6.45) is 2.73. The molecule has 0 aliphatic rings. The number of aryl methyl sites for hydroxylation is 1. The maximum Gasteiger partial charge on any atom is 0.152 e. The van der Waals surface area contributed by atoms with Crippen LogP contribution in [0, 0.1) is 12.7 Å². The van der Waals surface area contributed by atoms with Gasteiger partial charge in [0.1, 0.15) is 0 Å². The van der Waals surface area contributed by atoms with Gasteiger partial charge in [-0.1, -0.05) is 0 Å². The molecule has 0 fully saturated rings. The molecule has 3 heteroatoms. The third-order valence-corrected chi connectivity index (χ3v) is 1.08. The van der Waals surface area contributed by atoms with Crippen molar-refractivity contribution in [1.82, 2.24) is 4.98 Å². The summed E-state index contributed by atoms with van der Waals surface area (Å²) in [6.45, 7) is 1.62. The maximum absolute atomic E-state index is 12.6. The van der Waals surface area contributed by atoms with E-state index < -0.39 is 0 Å². The number of anilines is 1. The molecular weight excluding hydrogens is 119 g/mol. The van der Waals surface area contributed by atoms with Crippen molar-refractivity contribution in [1.29, 1.82) is 0 Å². The van der Waals surface area contributed by atoms with E-state index in [2.05, 4.69) is 4.98 Å². The average Bonchev–Trinajstić information content (AvgIpc) is 1.83. The normalized spacial score (nSPS) is 9.56. The van der Waals surface area contributed by atoms with Crippen LogP contribution in [0.3, 0.4) is 0 Å². The van der Waals surface area contributed by atoms with Crippen LogP contribution < -0.4 is 5.73 Å². The zero-order valence-corrected chi connectivity index (χ0v) is 5.06. The predicted octanol–water partition coefficient (Wildman–Crippen LogP) is 1.11. The van der Waals surface area contributed by atoms with Crippen molar-refractivity contribution in [3.05, 3.63) is 23.8 Å². The number of hydrogen-bond acceptors (Lipinski definition) is 2. The van der Waals surface area contributed by atoms with E-state index in [0.29, 0.717) is 5.56 Å². The number of hydrogen-bond donors (Lipinski definition) is 1. The maximum atomic E-state index is 12.6. The smallest absolute Gasteiger partial charge is 0.152 e. The van der Waals surface area contributed by atoms with E-state index in [1.807, 2.05) is 0 Å². The van der Waals surface area contributed by atoms with E-state index in [4.69, 9.17) is 5.73 Å². The summed E-state index contributed by atoms with van der Waals surface area (Å²) in [5.74, 6) is -0.370. The Hall–Kier alpha value is -1.12. The third kappa shape index (κ3) is 0.988. The third-order valence-electron chi connectivity index (χ3n) is 1.08. The predicted molar refractivity (Wildman–Crippen MR) is 33.3 cm³/mol. The highest BCUT2D eigenvalue weighted by Crippen LogP contribution is 2.10. The summed E-state index contributed by atoms with van der Waals surface area (Å²) in [6, 6.07) is 0. The molecule has 2 nitrogen and oxygen atoms in total. The molecule has 1 rings (SSSR count). The molecule has 0 bridgehead atoms. The molecule has 0 amide bonds. The zero-order chi connectivity index (χ0) is 6.85. The van der Waals surface area contributed by atoms with Crippen molar-refractivity contribution in [2.75, 3.05) is 5.73 Å². The van der Waals surface area contributed by atoms with Gasteiger partial charge in [-0.25, -0.2) is 4.39 Å². The first-order chi connectivity index (χ1) is 4.22. The highest BCUT2D eigenvalue weighted by molar-refractivity contribution is 5.38. The summed E-state index contributed by atoms with van der Waals surface area (Å²) in [4.78, 5) is 3.68. The first-order valence-electron chi connectivity index (χ1n) is 2.57. The van der Waals surface area contributed by atoms with Crippen LogP contribution in [0.25, 0.3) is 0 Å². The fourth-order valence-corrected chi connectivity index (χ4v) is 0.570. The Kier molecular flexibility index (Phi) is 1.34. The lowest BCUT2D eigenvalue weighted by molar-refractivity contribution is 0.621. The van der Waals surface area contributed by atoms with E-state index >= 15 is 0 Å². The van der Waals surface area contributed by atoms with Crippen LogP contribution >= 0.6 is 0 Å². The number of halogens is 1. The second kappa shape index (κ2) is 2.01. The van der Waals surface area contributed by atoms with Gasteiger partial charge in [-0.2, -0.15) is 0 Å². The van der Waals surface area contributed by atoms with Crippen molar-refractivity contribution in [3.8, 4) is 0 Å². The molecule has 1 aromatic rings. The lowest BCUT2D eigenvalue weighted by atomic mass is 10.3. The van der Waals surface area contributed by atoms with Gasteiger partial charge >= 0.3 is 0 Å². The fourth-order valence-electron chi connectivity index (χ4n) is 0.570. The van der Waals surface area contributed by atoms with Crippen LogP contribution in [0.2, 0.25) is 0 Å². The molecule has 2 N–H and O–H groups in total. The number of nitrogen functional groups attached to an aromatic ring is 1. The number of pyridine rings is 1. The molecule has 0 saturated heterocycles. The van der Waals surface area contributed by atoms with E-state index in [0.717, 1.165) is 0 Å². The molecule has 0 unspecified atom stereocenters. The molecule has 48 valence electrons. The van der Waals surface area contributed by atoms with Crippen molar-refractivity contribution in [3.63, 3.8) is 0 Å². The molecule has 9 heavy (non-hydrogen) atoms. The van der Waals surface area contributed by atoms with Crippen LogP contribution in [0.5, 0.6) is 0 Å². The lowest BCUT2D eigenvalue weighted by Crippen LogP contribution is -1.93. The molecule has 0 aromatic carbocycles. The largest absolute Gasteiger partial charge is 0.395 e. The van der Waals surface area contributed by atoms with Crippen LogP contribution in [0.4, 0.5) is 10.1 Å². The topological polar surface area (TPSA) is 38.9 Å². The van der Waals surface area contributed by atoms with Gasteiger partial charge in [0.15, 0.2) is 5.82 Å². The Morgan fingerprint density at radius 1 is 1.56 bits per heavy atom. The first kappa shape index (κ1) is 6.01. The van der Waals surface area contributed by atoms with Gasteiger partial charge in [0.05, 0.1) is 11.9 Å². The van der Waals surface area contributed by atoms with Crippen LogP contribution in [-0.4, -0.2) is 4.98 Å². The highest BCUT2D eigenvalue weighted by atomic mass is 19.1. The van der Waals surface area contributed by atoms with Gasteiger partial charge < -0.3 is 5.73 Å². The molecule has 0 spiro atoms. The van der Waals surface area contributed by atoms with Crippen molar-refractivity contribution >= 4 is 5.69 Å². The summed E-state index contributed by atoms with van der Waals surface area (Å²) < 4.78 is 12.6. The second-order valence-electron chi connectivity index (χ2n) is 1.86. The SMILES string of the molecule is Cc1cncc(N)c1F. The van der Waals surface area contributed by atoms with E-state index in [1.165, 1.54) is 12.4 Å². The quantitative estimate of drug-likeness (QED) is 0.565. The lowest BCUT2D eigenvalue weighted by Gasteiger charge is -1.95. The molecule has 0 atom stereocenters. The number of rotatable bonds is 0. The number of nitrogens with two attached hydrogens (primary N) is 1. The molecular formula is C6H7FN2. The highest BCUT2D eigenvalue weighted by Gasteiger charge is 1.98. The van der Waals surface area contributed by atoms with E-state index in [1.54, 1.807) is 6.92 Å². The summed E-state index contributed by atoms with van der Waals surface area (Å²) in [5.41, 5.74) is 5.77. The monoisotopic (exact) mass is 126 g/mol. The van der Waals surface area contributed by atoms with Crippen LogP contribution in [0.1, 0.15) is 5.56 Å². The van der Waals surface area contributed by atoms with Gasteiger partial charge in [0, 0.05) is 11.8 Å². The molecule has 0 aliphatic heterocycles. The number of aromatic nitrogens is 1. The Labute approximate surface area is 52.5 Å². The fraction of sp³-hybridized carbons (Fsp3) is 0.167. The summed E-state index contributed by atoms with van der Waals surface area (Å²) in [5, 5.41) is 0. The van der Waals surface area contributed by atoms with E-state index in [-0.39, 0.29) is 11.5 Å². The van der Waals surface area contributed by atoms with Gasteiger partial charge in [0.2, 0.25) is 0 Å². The van der Waals surface area contributed by atoms with E-state index in [9.17, 15) is 4.39 Å². The molecule has 0 radical (unpaired) electrons. The first-order valence-corrected chi connectivity index (χ1v) is 2.57. The zero-order valence-electron chi connectivity index (χ0n) is 5.06. The minimum atomic E-state index is -0.370. The summed E-state index contributed by atoms with van der Waals surface area (Å²) >= 11 is 0. The van der Waals surface area contributed by atoms with Gasteiger partial charge in [-0.3, -0.25) is 4.98 Å².